The molecule has 0 bridgehead atoms. The van der Waals surface area contributed by atoms with E-state index >= 15 is 0 Å². The Hall–Kier alpha value is -1.41. The number of hydrogen-bond donors (Lipinski definition) is 0. The largest absolute Gasteiger partial charge is 0.359 e. The van der Waals surface area contributed by atoms with Crippen molar-refractivity contribution < 1.29 is 17.7 Å². The molecule has 0 saturated carbocycles. The standard InChI is InChI=1S/C15H23N3O4S/c1-11-9-14(22-16-11)13-6-4-8-18(13)15(19)12-5-3-7-17(10-12)23(2,20)21/h9,12-13H,3-8,10H2,1-2H3/t12-,13+/m1/s1. The summed E-state index contributed by atoms with van der Waals surface area (Å²) in [5.41, 5.74) is 0.806. The van der Waals surface area contributed by atoms with Crippen molar-refractivity contribution in [1.82, 2.24) is 14.4 Å². The number of likely N-dealkylation sites (tertiary alicyclic amines) is 1. The molecule has 1 amide bonds. The minimum Gasteiger partial charge on any atom is -0.359 e. The third kappa shape index (κ3) is 3.42. The number of carbonyl (C=O) groups is 1. The highest BCUT2D eigenvalue weighted by molar-refractivity contribution is 7.88. The Kier molecular flexibility index (Phi) is 4.46. The summed E-state index contributed by atoms with van der Waals surface area (Å²) in [4.78, 5) is 14.7. The second kappa shape index (κ2) is 6.24. The summed E-state index contributed by atoms with van der Waals surface area (Å²) >= 11 is 0. The number of piperidine rings is 1. The van der Waals surface area contributed by atoms with Crippen LogP contribution in [0, 0.1) is 12.8 Å². The Morgan fingerprint density at radius 2 is 2.04 bits per heavy atom. The van der Waals surface area contributed by atoms with E-state index in [1.807, 2.05) is 17.9 Å². The molecule has 3 rings (SSSR count). The lowest BCUT2D eigenvalue weighted by Gasteiger charge is -2.33. The zero-order chi connectivity index (χ0) is 16.6. The molecule has 0 spiro atoms. The number of amides is 1. The zero-order valence-electron chi connectivity index (χ0n) is 13.6. The number of rotatable bonds is 3. The van der Waals surface area contributed by atoms with E-state index < -0.39 is 10.0 Å². The van der Waals surface area contributed by atoms with Crippen molar-refractivity contribution in [2.24, 2.45) is 5.92 Å². The van der Waals surface area contributed by atoms with Gasteiger partial charge in [0.2, 0.25) is 15.9 Å². The van der Waals surface area contributed by atoms with Crippen molar-refractivity contribution in [2.75, 3.05) is 25.9 Å². The molecule has 0 N–H and O–H groups in total. The maximum absolute atomic E-state index is 12.9. The van der Waals surface area contributed by atoms with Crippen LogP contribution in [0.5, 0.6) is 0 Å². The van der Waals surface area contributed by atoms with Crippen molar-refractivity contribution in [2.45, 2.75) is 38.6 Å². The maximum atomic E-state index is 12.9. The van der Waals surface area contributed by atoms with Gasteiger partial charge >= 0.3 is 0 Å². The van der Waals surface area contributed by atoms with E-state index in [1.165, 1.54) is 10.6 Å². The molecule has 128 valence electrons. The monoisotopic (exact) mass is 341 g/mol. The van der Waals surface area contributed by atoms with E-state index in [4.69, 9.17) is 4.52 Å². The van der Waals surface area contributed by atoms with Crippen LogP contribution in [0.25, 0.3) is 0 Å². The topological polar surface area (TPSA) is 83.7 Å². The Morgan fingerprint density at radius 1 is 1.30 bits per heavy atom. The molecule has 7 nitrogen and oxygen atoms in total. The SMILES string of the molecule is Cc1cc([C@@H]2CCCN2C(=O)[C@@H]2CCCN(S(C)(=O)=O)C2)on1. The van der Waals surface area contributed by atoms with Crippen LogP contribution in [0.15, 0.2) is 10.6 Å². The summed E-state index contributed by atoms with van der Waals surface area (Å²) in [7, 11) is -3.24. The van der Waals surface area contributed by atoms with Gasteiger partial charge in [0.15, 0.2) is 5.76 Å². The molecule has 2 aliphatic heterocycles. The van der Waals surface area contributed by atoms with Gasteiger partial charge in [0.25, 0.3) is 0 Å². The van der Waals surface area contributed by atoms with E-state index in [1.54, 1.807) is 0 Å². The van der Waals surface area contributed by atoms with Gasteiger partial charge in [-0.25, -0.2) is 12.7 Å². The number of carbonyl (C=O) groups excluding carboxylic acids is 1. The quantitative estimate of drug-likeness (QED) is 0.828. The molecule has 2 fully saturated rings. The van der Waals surface area contributed by atoms with Gasteiger partial charge in [-0.05, 0) is 32.6 Å². The molecular weight excluding hydrogens is 318 g/mol. The molecule has 2 aliphatic rings. The molecule has 1 aromatic heterocycles. The van der Waals surface area contributed by atoms with Gasteiger partial charge in [-0.2, -0.15) is 0 Å². The smallest absolute Gasteiger partial charge is 0.227 e. The van der Waals surface area contributed by atoms with Crippen LogP contribution in [0.2, 0.25) is 0 Å². The van der Waals surface area contributed by atoms with Crippen LogP contribution in [-0.4, -0.2) is 54.6 Å². The van der Waals surface area contributed by atoms with E-state index in [9.17, 15) is 13.2 Å². The molecule has 0 radical (unpaired) electrons. The molecule has 8 heteroatoms. The Labute approximate surface area is 136 Å². The molecule has 0 aliphatic carbocycles. The van der Waals surface area contributed by atoms with Crippen LogP contribution in [0.4, 0.5) is 0 Å². The number of aromatic nitrogens is 1. The summed E-state index contributed by atoms with van der Waals surface area (Å²) in [6.45, 7) is 3.35. The fraction of sp³-hybridized carbons (Fsp3) is 0.733. The fourth-order valence-corrected chi connectivity index (χ4v) is 4.46. The molecule has 2 atom stereocenters. The van der Waals surface area contributed by atoms with Crippen molar-refractivity contribution in [1.29, 1.82) is 0 Å². The van der Waals surface area contributed by atoms with E-state index in [0.29, 0.717) is 13.1 Å². The summed E-state index contributed by atoms with van der Waals surface area (Å²) in [6, 6.07) is 1.80. The first-order chi connectivity index (χ1) is 10.9. The normalized spacial score (nSPS) is 26.6. The number of aryl methyl sites for hydroxylation is 1. The van der Waals surface area contributed by atoms with Gasteiger partial charge in [0, 0.05) is 25.7 Å². The van der Waals surface area contributed by atoms with E-state index in [-0.39, 0.29) is 24.4 Å². The van der Waals surface area contributed by atoms with E-state index in [2.05, 4.69) is 5.16 Å². The predicted octanol–water partition coefficient (Wildman–Crippen LogP) is 1.32. The molecule has 0 aromatic carbocycles. The summed E-state index contributed by atoms with van der Waals surface area (Å²) < 4.78 is 30.2. The fourth-order valence-electron chi connectivity index (χ4n) is 3.55. The first kappa shape index (κ1) is 16.4. The molecular formula is C15H23N3O4S. The van der Waals surface area contributed by atoms with Gasteiger partial charge in [0.05, 0.1) is 23.9 Å². The lowest BCUT2D eigenvalue weighted by atomic mass is 9.97. The average Bonchev–Trinajstić information content (AvgIpc) is 3.14. The Bertz CT molecular complexity index is 685. The summed E-state index contributed by atoms with van der Waals surface area (Å²) in [6.07, 6.45) is 4.46. The lowest BCUT2D eigenvalue weighted by molar-refractivity contribution is -0.138. The Balaban J connectivity index is 1.74. The Morgan fingerprint density at radius 3 is 2.70 bits per heavy atom. The van der Waals surface area contributed by atoms with Gasteiger partial charge in [-0.15, -0.1) is 0 Å². The van der Waals surface area contributed by atoms with Crippen LogP contribution in [-0.2, 0) is 14.8 Å². The van der Waals surface area contributed by atoms with Crippen molar-refractivity contribution in [3.8, 4) is 0 Å². The first-order valence-corrected chi connectivity index (χ1v) is 9.90. The predicted molar refractivity (Wildman–Crippen MR) is 84.1 cm³/mol. The van der Waals surface area contributed by atoms with Gasteiger partial charge in [-0.3, -0.25) is 4.79 Å². The molecule has 3 heterocycles. The van der Waals surface area contributed by atoms with Crippen LogP contribution in [0.3, 0.4) is 0 Å². The second-order valence-electron chi connectivity index (χ2n) is 6.52. The third-order valence-electron chi connectivity index (χ3n) is 4.71. The number of nitrogens with zero attached hydrogens (tertiary/aromatic N) is 3. The maximum Gasteiger partial charge on any atom is 0.227 e. The van der Waals surface area contributed by atoms with Crippen molar-refractivity contribution >= 4 is 15.9 Å². The highest BCUT2D eigenvalue weighted by Gasteiger charge is 2.38. The number of sulfonamides is 1. The van der Waals surface area contributed by atoms with E-state index in [0.717, 1.165) is 37.1 Å². The summed E-state index contributed by atoms with van der Waals surface area (Å²) in [5, 5.41) is 3.91. The lowest BCUT2D eigenvalue weighted by Crippen LogP contribution is -2.46. The zero-order valence-corrected chi connectivity index (χ0v) is 14.4. The molecule has 1 aromatic rings. The minimum absolute atomic E-state index is 0.0369. The second-order valence-corrected chi connectivity index (χ2v) is 8.50. The molecule has 2 saturated heterocycles. The summed E-state index contributed by atoms with van der Waals surface area (Å²) in [5.74, 6) is 0.502. The van der Waals surface area contributed by atoms with Crippen molar-refractivity contribution in [3.05, 3.63) is 17.5 Å². The highest BCUT2D eigenvalue weighted by Crippen LogP contribution is 2.34. The molecule has 0 unspecified atom stereocenters. The first-order valence-electron chi connectivity index (χ1n) is 8.05. The van der Waals surface area contributed by atoms with Crippen LogP contribution in [0.1, 0.15) is 43.2 Å². The minimum atomic E-state index is -3.24. The highest BCUT2D eigenvalue weighted by atomic mass is 32.2. The van der Waals surface area contributed by atoms with Crippen LogP contribution < -0.4 is 0 Å². The van der Waals surface area contributed by atoms with Gasteiger partial charge in [0.1, 0.15) is 0 Å². The average molecular weight is 341 g/mol. The number of hydrogen-bond acceptors (Lipinski definition) is 5. The van der Waals surface area contributed by atoms with Gasteiger partial charge in [-0.1, -0.05) is 5.16 Å². The molecule has 23 heavy (non-hydrogen) atoms. The van der Waals surface area contributed by atoms with Crippen LogP contribution >= 0.6 is 0 Å². The third-order valence-corrected chi connectivity index (χ3v) is 5.98. The van der Waals surface area contributed by atoms with Gasteiger partial charge < -0.3 is 9.42 Å². The van der Waals surface area contributed by atoms with Crippen molar-refractivity contribution in [3.63, 3.8) is 0 Å².